The Morgan fingerprint density at radius 1 is 1.50 bits per heavy atom. The molecule has 1 aromatic carbocycles. The van der Waals surface area contributed by atoms with E-state index in [1.165, 1.54) is 6.07 Å². The standard InChI is InChI=1S/C9H9ClFNO2/c10-6-1-9(8(12)2-7(6)11)14-5-3-13-4-5/h1-2,5H,3-4,12H2. The molecule has 0 spiro atoms. The van der Waals surface area contributed by atoms with Crippen molar-refractivity contribution in [3.63, 3.8) is 0 Å². The SMILES string of the molecule is Nc1cc(F)c(Cl)cc1OC1COC1. The first-order valence-corrected chi connectivity index (χ1v) is 4.53. The summed E-state index contributed by atoms with van der Waals surface area (Å²) in [4.78, 5) is 0. The molecule has 2 N–H and O–H groups in total. The molecular weight excluding hydrogens is 209 g/mol. The number of anilines is 1. The van der Waals surface area contributed by atoms with E-state index in [0.717, 1.165) is 6.07 Å². The molecule has 0 unspecified atom stereocenters. The summed E-state index contributed by atoms with van der Waals surface area (Å²) in [5.74, 6) is -0.133. The van der Waals surface area contributed by atoms with Crippen LogP contribution >= 0.6 is 11.6 Å². The van der Waals surface area contributed by atoms with Crippen LogP contribution in [0.4, 0.5) is 10.1 Å². The number of hydrogen-bond acceptors (Lipinski definition) is 3. The molecule has 0 radical (unpaired) electrons. The van der Waals surface area contributed by atoms with Crippen LogP contribution in [0.15, 0.2) is 12.1 Å². The average Bonchev–Trinajstić information content (AvgIpc) is 2.06. The normalized spacial score (nSPS) is 16.4. The fraction of sp³-hybridized carbons (Fsp3) is 0.333. The maximum absolute atomic E-state index is 12.9. The molecule has 1 saturated heterocycles. The summed E-state index contributed by atoms with van der Waals surface area (Å²) in [6.07, 6.45) is -0.00109. The number of rotatable bonds is 2. The minimum atomic E-state index is -0.540. The van der Waals surface area contributed by atoms with Gasteiger partial charge in [-0.05, 0) is 0 Å². The zero-order valence-corrected chi connectivity index (χ0v) is 8.05. The lowest BCUT2D eigenvalue weighted by Gasteiger charge is -2.27. The van der Waals surface area contributed by atoms with Crippen molar-refractivity contribution in [2.75, 3.05) is 18.9 Å². The molecule has 2 rings (SSSR count). The van der Waals surface area contributed by atoms with Crippen LogP contribution < -0.4 is 10.5 Å². The minimum absolute atomic E-state index is 0.00109. The van der Waals surface area contributed by atoms with Crippen molar-refractivity contribution in [3.05, 3.63) is 23.0 Å². The highest BCUT2D eigenvalue weighted by Crippen LogP contribution is 2.29. The summed E-state index contributed by atoms with van der Waals surface area (Å²) in [5, 5.41) is 0.00874. The molecule has 1 fully saturated rings. The van der Waals surface area contributed by atoms with Crippen LogP contribution in [0.1, 0.15) is 0 Å². The van der Waals surface area contributed by atoms with Crippen LogP contribution in [-0.2, 0) is 4.74 Å². The molecule has 14 heavy (non-hydrogen) atoms. The summed E-state index contributed by atoms with van der Waals surface area (Å²) in [6.45, 7) is 1.07. The number of halogens is 2. The Balaban J connectivity index is 2.19. The van der Waals surface area contributed by atoms with Crippen LogP contribution in [0, 0.1) is 5.82 Å². The van der Waals surface area contributed by atoms with E-state index in [9.17, 15) is 4.39 Å². The Hall–Kier alpha value is -1.00. The van der Waals surface area contributed by atoms with Gasteiger partial charge in [0.25, 0.3) is 0 Å². The summed E-state index contributed by atoms with van der Waals surface area (Å²) < 4.78 is 23.2. The van der Waals surface area contributed by atoms with Crippen molar-refractivity contribution >= 4 is 17.3 Å². The van der Waals surface area contributed by atoms with Crippen LogP contribution in [-0.4, -0.2) is 19.3 Å². The summed E-state index contributed by atoms with van der Waals surface area (Å²) >= 11 is 5.59. The topological polar surface area (TPSA) is 44.5 Å². The maximum atomic E-state index is 12.9. The second kappa shape index (κ2) is 3.63. The van der Waals surface area contributed by atoms with E-state index in [0.29, 0.717) is 19.0 Å². The van der Waals surface area contributed by atoms with E-state index in [-0.39, 0.29) is 16.8 Å². The molecule has 1 aromatic rings. The van der Waals surface area contributed by atoms with Crippen molar-refractivity contribution in [3.8, 4) is 5.75 Å². The van der Waals surface area contributed by atoms with Gasteiger partial charge in [0, 0.05) is 12.1 Å². The summed E-state index contributed by atoms with van der Waals surface area (Å²) in [6, 6.07) is 2.53. The Morgan fingerprint density at radius 2 is 2.21 bits per heavy atom. The van der Waals surface area contributed by atoms with Gasteiger partial charge in [0.1, 0.15) is 17.7 Å². The highest BCUT2D eigenvalue weighted by Gasteiger charge is 2.21. The second-order valence-electron chi connectivity index (χ2n) is 3.08. The molecule has 1 aliphatic heterocycles. The Kier molecular flexibility index (Phi) is 2.48. The fourth-order valence-corrected chi connectivity index (χ4v) is 1.26. The minimum Gasteiger partial charge on any atom is -0.483 e. The number of nitrogen functional groups attached to an aromatic ring is 1. The Morgan fingerprint density at radius 3 is 2.79 bits per heavy atom. The molecule has 0 amide bonds. The fourth-order valence-electron chi connectivity index (χ4n) is 1.11. The predicted molar refractivity (Wildman–Crippen MR) is 51.1 cm³/mol. The van der Waals surface area contributed by atoms with E-state index in [1.54, 1.807) is 0 Å². The molecule has 1 aliphatic rings. The van der Waals surface area contributed by atoms with E-state index in [2.05, 4.69) is 0 Å². The van der Waals surface area contributed by atoms with E-state index in [1.807, 2.05) is 0 Å². The largest absolute Gasteiger partial charge is 0.483 e. The molecule has 3 nitrogen and oxygen atoms in total. The van der Waals surface area contributed by atoms with Crippen LogP contribution in [0.2, 0.25) is 5.02 Å². The summed E-state index contributed by atoms with van der Waals surface area (Å²) in [5.41, 5.74) is 5.80. The zero-order valence-electron chi connectivity index (χ0n) is 7.30. The highest BCUT2D eigenvalue weighted by molar-refractivity contribution is 6.31. The lowest BCUT2D eigenvalue weighted by molar-refractivity contribution is -0.0794. The monoisotopic (exact) mass is 217 g/mol. The molecule has 0 bridgehead atoms. The maximum Gasteiger partial charge on any atom is 0.145 e. The molecule has 0 aliphatic carbocycles. The lowest BCUT2D eigenvalue weighted by Crippen LogP contribution is -2.38. The number of ether oxygens (including phenoxy) is 2. The van der Waals surface area contributed by atoms with Crippen LogP contribution in [0.5, 0.6) is 5.75 Å². The van der Waals surface area contributed by atoms with Crippen molar-refractivity contribution in [1.82, 2.24) is 0 Å². The molecule has 5 heteroatoms. The van der Waals surface area contributed by atoms with Crippen LogP contribution in [0.25, 0.3) is 0 Å². The number of hydrogen-bond donors (Lipinski definition) is 1. The molecule has 76 valence electrons. The molecular formula is C9H9ClFNO2. The number of benzene rings is 1. The van der Waals surface area contributed by atoms with Crippen LogP contribution in [0.3, 0.4) is 0 Å². The van der Waals surface area contributed by atoms with Gasteiger partial charge in [-0.15, -0.1) is 0 Å². The second-order valence-corrected chi connectivity index (χ2v) is 3.49. The third kappa shape index (κ3) is 1.76. The van der Waals surface area contributed by atoms with Crippen molar-refractivity contribution in [2.45, 2.75) is 6.10 Å². The Labute approximate surface area is 85.6 Å². The Bertz CT molecular complexity index is 355. The van der Waals surface area contributed by atoms with Gasteiger partial charge < -0.3 is 15.2 Å². The third-order valence-electron chi connectivity index (χ3n) is 1.95. The smallest absolute Gasteiger partial charge is 0.145 e. The lowest BCUT2D eigenvalue weighted by atomic mass is 10.2. The van der Waals surface area contributed by atoms with Crippen molar-refractivity contribution in [1.29, 1.82) is 0 Å². The van der Waals surface area contributed by atoms with Gasteiger partial charge in [-0.1, -0.05) is 11.6 Å². The van der Waals surface area contributed by atoms with E-state index < -0.39 is 5.82 Å². The van der Waals surface area contributed by atoms with E-state index in [4.69, 9.17) is 26.8 Å². The van der Waals surface area contributed by atoms with Crippen molar-refractivity contribution < 1.29 is 13.9 Å². The first-order chi connectivity index (χ1) is 6.66. The first-order valence-electron chi connectivity index (χ1n) is 4.16. The summed E-state index contributed by atoms with van der Waals surface area (Å²) in [7, 11) is 0. The number of nitrogens with two attached hydrogens (primary N) is 1. The molecule has 0 aromatic heterocycles. The van der Waals surface area contributed by atoms with E-state index >= 15 is 0 Å². The molecule has 0 atom stereocenters. The predicted octanol–water partition coefficient (Wildman–Crippen LogP) is 1.84. The van der Waals surface area contributed by atoms with Gasteiger partial charge >= 0.3 is 0 Å². The van der Waals surface area contributed by atoms with Gasteiger partial charge in [-0.2, -0.15) is 0 Å². The van der Waals surface area contributed by atoms with Gasteiger partial charge in [-0.25, -0.2) is 4.39 Å². The van der Waals surface area contributed by atoms with Gasteiger partial charge in [-0.3, -0.25) is 0 Å². The van der Waals surface area contributed by atoms with Gasteiger partial charge in [0.15, 0.2) is 0 Å². The molecule has 0 saturated carbocycles. The first kappa shape index (κ1) is 9.55. The average molecular weight is 218 g/mol. The zero-order chi connectivity index (χ0) is 10.1. The highest BCUT2D eigenvalue weighted by atomic mass is 35.5. The third-order valence-corrected chi connectivity index (χ3v) is 2.24. The van der Waals surface area contributed by atoms with Gasteiger partial charge in [0.05, 0.1) is 23.9 Å². The van der Waals surface area contributed by atoms with Crippen molar-refractivity contribution in [2.24, 2.45) is 0 Å². The molecule has 1 heterocycles. The quantitative estimate of drug-likeness (QED) is 0.769. The van der Waals surface area contributed by atoms with Gasteiger partial charge in [0.2, 0.25) is 0 Å².